The molecule has 0 radical (unpaired) electrons. The average Bonchev–Trinajstić information content (AvgIpc) is 2.85. The Morgan fingerprint density at radius 3 is 0.514 bits per heavy atom. The zero-order valence-electron chi connectivity index (χ0n) is 22.3. The molecular weight excluding hydrogens is 680 g/mol. The van der Waals surface area contributed by atoms with Crippen LogP contribution in [0.5, 0.6) is 0 Å². The third-order valence-corrected chi connectivity index (χ3v) is 2.15. The molecule has 19 heteroatoms. The van der Waals surface area contributed by atoms with Crippen molar-refractivity contribution >= 4 is 0 Å². The second kappa shape index (κ2) is 129. The zero-order valence-corrected chi connectivity index (χ0v) is 30.2. The fourth-order valence-corrected chi connectivity index (χ4v) is 0.632. The normalized spacial score (nSPS) is 6.32. The third kappa shape index (κ3) is 393. The van der Waals surface area contributed by atoms with E-state index in [4.69, 9.17) is 58.7 Å². The van der Waals surface area contributed by atoms with Gasteiger partial charge in [-0.1, -0.05) is 53.4 Å². The van der Waals surface area contributed by atoms with Crippen LogP contribution in [0, 0.1) is 0 Å². The predicted molar refractivity (Wildman–Crippen MR) is 105 cm³/mol. The first-order chi connectivity index (χ1) is 17.2. The standard InChI is InChI=1S/4C4H10O.C2H6O2.8O.5Ti/c4*1-2-3-4-5;3-1-2-4;;;;;;;;;;;;;/h4*5H,2-4H2,1H3;3-4H,1-2H2;;;;;;;;;;;;;/q;;;;;;;;;4*-1;;;;;+4. The molecule has 0 spiro atoms. The maximum atomic E-state index is 8.50. The Bertz CT molecular complexity index is 231. The van der Waals surface area contributed by atoms with Crippen molar-refractivity contribution in [1.29, 1.82) is 0 Å². The molecule has 0 saturated heterocycles. The van der Waals surface area contributed by atoms with Gasteiger partial charge in [-0.25, -0.2) is 0 Å². The second-order valence-electron chi connectivity index (χ2n) is 5.09. The van der Waals surface area contributed by atoms with E-state index < -0.39 is 78.0 Å². The van der Waals surface area contributed by atoms with Gasteiger partial charge in [-0.2, -0.15) is 0 Å². The maximum Gasteiger partial charge on any atom is 4.00 e. The van der Waals surface area contributed by atoms with Gasteiger partial charge < -0.3 is 30.6 Å². The summed E-state index contributed by atoms with van der Waals surface area (Å²) in [6.07, 6.45) is 8.15. The van der Waals surface area contributed by atoms with E-state index in [1.807, 2.05) is 0 Å². The minimum Gasteiger partial charge on any atom is 4.00 e. The number of aliphatic hydroxyl groups excluding tert-OH is 6. The van der Waals surface area contributed by atoms with Crippen LogP contribution in [0.2, 0.25) is 0 Å². The fraction of sp³-hybridized carbons (Fsp3) is 1.00. The summed E-state index contributed by atoms with van der Waals surface area (Å²) in [5.41, 5.74) is 0. The summed E-state index contributed by atoms with van der Waals surface area (Å²) in [6.45, 7) is 9.33. The van der Waals surface area contributed by atoms with E-state index in [1.165, 1.54) is 0 Å². The maximum absolute atomic E-state index is 8.50. The fourth-order valence-electron chi connectivity index (χ4n) is 0.632. The van der Waals surface area contributed by atoms with Crippen LogP contribution >= 0.6 is 0 Å². The van der Waals surface area contributed by atoms with Crippen LogP contribution < -0.4 is 14.8 Å². The molecule has 0 fully saturated rings. The molecule has 37 heavy (non-hydrogen) atoms. The molecule has 14 nitrogen and oxygen atoms in total. The van der Waals surface area contributed by atoms with E-state index >= 15 is 0 Å². The third-order valence-electron chi connectivity index (χ3n) is 2.15. The number of hydrogen-bond donors (Lipinski definition) is 6. The summed E-state index contributed by atoms with van der Waals surface area (Å²) in [6, 6.07) is 0. The zero-order chi connectivity index (χ0) is 30.7. The molecule has 0 atom stereocenters. The van der Waals surface area contributed by atoms with Crippen LogP contribution in [-0.2, 0) is 113 Å². The molecule has 0 amide bonds. The second-order valence-corrected chi connectivity index (χ2v) is 6.13. The molecule has 0 aromatic heterocycles. The van der Waals surface area contributed by atoms with Gasteiger partial charge in [0.1, 0.15) is 0 Å². The van der Waals surface area contributed by atoms with Gasteiger partial charge in [-0.3, -0.25) is 0 Å². The van der Waals surface area contributed by atoms with Crippen LogP contribution in [0.4, 0.5) is 0 Å². The minimum absolute atomic E-state index is 0. The van der Waals surface area contributed by atoms with Crippen molar-refractivity contribution in [3.8, 4) is 0 Å². The summed E-state index contributed by atoms with van der Waals surface area (Å²) < 4.78 is 68.0. The largest absolute Gasteiger partial charge is 4.00 e. The molecule has 0 saturated carbocycles. The van der Waals surface area contributed by atoms with Crippen molar-refractivity contribution < 1.29 is 158 Å². The van der Waals surface area contributed by atoms with Crippen molar-refractivity contribution in [2.24, 2.45) is 0 Å². The molecular formula is C18H46O14Ti5. The number of hydrogen-bond acceptors (Lipinski definition) is 14. The summed E-state index contributed by atoms with van der Waals surface area (Å²) in [5.74, 6) is 0. The molecule has 222 valence electrons. The first-order valence-electron chi connectivity index (χ1n) is 10.9. The molecule has 0 aromatic carbocycles. The van der Waals surface area contributed by atoms with E-state index in [-0.39, 0.29) is 34.9 Å². The van der Waals surface area contributed by atoms with E-state index in [0.717, 1.165) is 51.4 Å². The smallest absolute Gasteiger partial charge is 4.00 e. The monoisotopic (exact) mass is 726 g/mol. The quantitative estimate of drug-likeness (QED) is 0.128. The summed E-state index contributed by atoms with van der Waals surface area (Å²) in [5, 5.41) is 47.5. The van der Waals surface area contributed by atoms with Crippen molar-refractivity contribution in [1.82, 2.24) is 0 Å². The average molecular weight is 726 g/mol. The van der Waals surface area contributed by atoms with Crippen molar-refractivity contribution in [3.05, 3.63) is 0 Å². The first-order valence-corrected chi connectivity index (χ1v) is 16.0. The molecule has 0 unspecified atom stereocenters. The van der Waals surface area contributed by atoms with Gasteiger partial charge in [0.05, 0.1) is 13.2 Å². The first kappa shape index (κ1) is 67.2. The van der Waals surface area contributed by atoms with Crippen molar-refractivity contribution in [3.63, 3.8) is 0 Å². The van der Waals surface area contributed by atoms with E-state index in [9.17, 15) is 0 Å². The Hall–Kier alpha value is 2.37. The number of unbranched alkanes of at least 4 members (excludes halogenated alkanes) is 4. The van der Waals surface area contributed by atoms with Gasteiger partial charge in [0.25, 0.3) is 0 Å². The molecule has 6 N–H and O–H groups in total. The van der Waals surface area contributed by atoms with E-state index in [1.54, 1.807) is 0 Å². The summed E-state index contributed by atoms with van der Waals surface area (Å²) in [4.78, 5) is 0. The Balaban J connectivity index is -0.0000000279. The molecule has 0 aliphatic carbocycles. The summed E-state index contributed by atoms with van der Waals surface area (Å²) in [7, 11) is 0. The van der Waals surface area contributed by atoms with Crippen LogP contribution in [0.1, 0.15) is 79.1 Å². The number of aliphatic hydroxyl groups is 6. The Morgan fingerprint density at radius 1 is 0.405 bits per heavy atom. The topological polar surface area (TPSA) is 282 Å². The van der Waals surface area contributed by atoms with Gasteiger partial charge in [0, 0.05) is 26.4 Å². The van der Waals surface area contributed by atoms with Crippen LogP contribution in [0.25, 0.3) is 0 Å². The van der Waals surface area contributed by atoms with E-state index in [0.29, 0.717) is 26.4 Å². The minimum atomic E-state index is -2.00. The van der Waals surface area contributed by atoms with Crippen LogP contribution in [0.15, 0.2) is 0 Å². The van der Waals surface area contributed by atoms with Crippen molar-refractivity contribution in [2.75, 3.05) is 39.6 Å². The number of rotatable bonds is 9. The SMILES string of the molecule is CCCCO.CCCCO.CCCCO.CCCCO.OCCO.[O]=[Ti][O-].[O]=[Ti][O-].[O]=[Ti][O-].[O]=[Ti][O-].[Ti+4]. The Morgan fingerprint density at radius 2 is 0.514 bits per heavy atom. The molecule has 0 aromatic rings. The van der Waals surface area contributed by atoms with Crippen LogP contribution in [-0.4, -0.2) is 70.3 Å². The predicted octanol–water partition coefficient (Wildman–Crippen LogP) is -3.16. The van der Waals surface area contributed by atoms with Gasteiger partial charge in [0.2, 0.25) is 0 Å². The Kier molecular flexibility index (Phi) is 235. The summed E-state index contributed by atoms with van der Waals surface area (Å²) >= 11 is -8.00. The van der Waals surface area contributed by atoms with Crippen molar-refractivity contribution in [2.45, 2.75) is 79.1 Å². The molecule has 0 aliphatic heterocycles. The van der Waals surface area contributed by atoms with Gasteiger partial charge in [0.15, 0.2) is 0 Å². The molecule has 0 bridgehead atoms. The van der Waals surface area contributed by atoms with E-state index in [2.05, 4.69) is 27.7 Å². The van der Waals surface area contributed by atoms with Gasteiger partial charge in [-0.05, 0) is 25.7 Å². The molecule has 0 heterocycles. The molecule has 0 aliphatic rings. The van der Waals surface area contributed by atoms with Gasteiger partial charge >= 0.3 is 128 Å². The van der Waals surface area contributed by atoms with Crippen LogP contribution in [0.3, 0.4) is 0 Å². The Labute approximate surface area is 274 Å². The molecule has 0 rings (SSSR count). The van der Waals surface area contributed by atoms with Gasteiger partial charge in [-0.15, -0.1) is 0 Å².